The van der Waals surface area contributed by atoms with Gasteiger partial charge in [0.25, 0.3) is 0 Å². The zero-order valence-corrected chi connectivity index (χ0v) is 11.3. The smallest absolute Gasteiger partial charge is 0.339 e. The van der Waals surface area contributed by atoms with Crippen LogP contribution in [0.15, 0.2) is 30.5 Å². The van der Waals surface area contributed by atoms with Crippen LogP contribution in [0.3, 0.4) is 0 Å². The topological polar surface area (TPSA) is 55.1 Å². The third-order valence-corrected chi connectivity index (χ3v) is 3.21. The average molecular weight is 258 g/mol. The first-order valence-corrected chi connectivity index (χ1v) is 6.51. The molecule has 0 unspecified atom stereocenters. The molecule has 4 nitrogen and oxygen atoms in total. The van der Waals surface area contributed by atoms with Crippen LogP contribution < -0.4 is 0 Å². The number of hydrogen-bond donors (Lipinski definition) is 1. The van der Waals surface area contributed by atoms with Gasteiger partial charge in [0, 0.05) is 0 Å². The van der Waals surface area contributed by atoms with E-state index in [1.807, 2.05) is 31.2 Å². The molecular formula is C15H18N2O2. The van der Waals surface area contributed by atoms with Gasteiger partial charge in [-0.1, -0.05) is 31.5 Å². The van der Waals surface area contributed by atoms with Crippen LogP contribution in [0.1, 0.15) is 41.4 Å². The number of para-hydroxylation sites is 1. The van der Waals surface area contributed by atoms with Gasteiger partial charge in [0.05, 0.1) is 17.6 Å². The predicted molar refractivity (Wildman–Crippen MR) is 73.9 cm³/mol. The Hall–Kier alpha value is -2.10. The number of carboxylic acid groups (broad SMARTS) is 1. The van der Waals surface area contributed by atoms with Gasteiger partial charge < -0.3 is 5.11 Å². The van der Waals surface area contributed by atoms with Crippen LogP contribution in [-0.2, 0) is 6.42 Å². The molecule has 100 valence electrons. The lowest BCUT2D eigenvalue weighted by Gasteiger charge is -2.10. The van der Waals surface area contributed by atoms with Crippen molar-refractivity contribution in [3.8, 4) is 5.69 Å². The zero-order chi connectivity index (χ0) is 13.8. The molecule has 0 bridgehead atoms. The first-order chi connectivity index (χ1) is 9.15. The highest BCUT2D eigenvalue weighted by atomic mass is 16.4. The summed E-state index contributed by atoms with van der Waals surface area (Å²) in [5.74, 6) is -0.911. The molecule has 0 saturated carbocycles. The third-order valence-electron chi connectivity index (χ3n) is 3.21. The van der Waals surface area contributed by atoms with Crippen molar-refractivity contribution in [3.05, 3.63) is 47.3 Å². The maximum atomic E-state index is 11.3. The highest BCUT2D eigenvalue weighted by molar-refractivity contribution is 5.88. The summed E-state index contributed by atoms with van der Waals surface area (Å²) in [6, 6.07) is 7.87. The van der Waals surface area contributed by atoms with Crippen molar-refractivity contribution in [3.63, 3.8) is 0 Å². The minimum Gasteiger partial charge on any atom is -0.478 e. The average Bonchev–Trinajstić information content (AvgIpc) is 2.80. The minimum absolute atomic E-state index is 0.303. The number of carboxylic acids is 1. The quantitative estimate of drug-likeness (QED) is 0.895. The van der Waals surface area contributed by atoms with Crippen molar-refractivity contribution < 1.29 is 9.90 Å². The standard InChI is InChI=1S/C15H18N2O2/c1-3-4-8-14-12(15(18)19)10-16-17(14)13-9-6-5-7-11(13)2/h5-7,9-10H,3-4,8H2,1-2H3,(H,18,19). The van der Waals surface area contributed by atoms with E-state index in [1.54, 1.807) is 4.68 Å². The largest absolute Gasteiger partial charge is 0.478 e. The molecule has 0 radical (unpaired) electrons. The molecule has 0 aliphatic rings. The molecule has 0 spiro atoms. The van der Waals surface area contributed by atoms with Gasteiger partial charge in [-0.3, -0.25) is 0 Å². The number of hydrogen-bond acceptors (Lipinski definition) is 2. The number of aryl methyl sites for hydroxylation is 1. The molecule has 4 heteroatoms. The SMILES string of the molecule is CCCCc1c(C(=O)O)cnn1-c1ccccc1C. The Labute approximate surface area is 112 Å². The monoisotopic (exact) mass is 258 g/mol. The van der Waals surface area contributed by atoms with E-state index < -0.39 is 5.97 Å². The van der Waals surface area contributed by atoms with Crippen LogP contribution in [0.2, 0.25) is 0 Å². The normalized spacial score (nSPS) is 10.6. The van der Waals surface area contributed by atoms with Gasteiger partial charge >= 0.3 is 5.97 Å². The summed E-state index contributed by atoms with van der Waals surface area (Å²) >= 11 is 0. The summed E-state index contributed by atoms with van der Waals surface area (Å²) in [6.07, 6.45) is 4.15. The second kappa shape index (κ2) is 5.69. The van der Waals surface area contributed by atoms with E-state index in [0.717, 1.165) is 36.2 Å². The van der Waals surface area contributed by atoms with E-state index in [0.29, 0.717) is 5.56 Å². The van der Waals surface area contributed by atoms with E-state index in [2.05, 4.69) is 12.0 Å². The van der Waals surface area contributed by atoms with Crippen LogP contribution in [0, 0.1) is 6.92 Å². The molecule has 2 rings (SSSR count). The molecule has 0 aliphatic carbocycles. The van der Waals surface area contributed by atoms with Crippen molar-refractivity contribution in [2.75, 3.05) is 0 Å². The Morgan fingerprint density at radius 1 is 1.37 bits per heavy atom. The van der Waals surface area contributed by atoms with E-state index in [-0.39, 0.29) is 0 Å². The lowest BCUT2D eigenvalue weighted by atomic mass is 10.1. The molecule has 1 aromatic carbocycles. The van der Waals surface area contributed by atoms with Crippen LogP contribution in [0.25, 0.3) is 5.69 Å². The van der Waals surface area contributed by atoms with Crippen molar-refractivity contribution in [2.24, 2.45) is 0 Å². The number of rotatable bonds is 5. The molecule has 1 N–H and O–H groups in total. The van der Waals surface area contributed by atoms with E-state index in [9.17, 15) is 9.90 Å². The molecule has 0 saturated heterocycles. The fourth-order valence-corrected chi connectivity index (χ4v) is 2.15. The third kappa shape index (κ3) is 2.67. The number of aromatic carboxylic acids is 1. The number of unbranched alkanes of at least 4 members (excludes halogenated alkanes) is 1. The first kappa shape index (κ1) is 13.3. The van der Waals surface area contributed by atoms with Crippen LogP contribution in [-0.4, -0.2) is 20.9 Å². The van der Waals surface area contributed by atoms with Gasteiger partial charge in [-0.05, 0) is 31.4 Å². The molecule has 19 heavy (non-hydrogen) atoms. The summed E-state index contributed by atoms with van der Waals surface area (Å²) in [7, 11) is 0. The zero-order valence-electron chi connectivity index (χ0n) is 11.3. The molecule has 0 aliphatic heterocycles. The molecular weight excluding hydrogens is 240 g/mol. The highest BCUT2D eigenvalue weighted by Crippen LogP contribution is 2.20. The molecule has 1 heterocycles. The Bertz CT molecular complexity index is 588. The summed E-state index contributed by atoms with van der Waals surface area (Å²) in [6.45, 7) is 4.09. The van der Waals surface area contributed by atoms with Gasteiger partial charge in [0.1, 0.15) is 5.56 Å². The van der Waals surface area contributed by atoms with E-state index in [4.69, 9.17) is 0 Å². The maximum Gasteiger partial charge on any atom is 0.339 e. The number of nitrogens with zero attached hydrogens (tertiary/aromatic N) is 2. The van der Waals surface area contributed by atoms with Gasteiger partial charge in [0.2, 0.25) is 0 Å². The van der Waals surface area contributed by atoms with Gasteiger partial charge in [-0.2, -0.15) is 5.10 Å². The Morgan fingerprint density at radius 3 is 2.74 bits per heavy atom. The van der Waals surface area contributed by atoms with Crippen molar-refractivity contribution >= 4 is 5.97 Å². The fraction of sp³-hybridized carbons (Fsp3) is 0.333. The van der Waals surface area contributed by atoms with Gasteiger partial charge in [0.15, 0.2) is 0 Å². The first-order valence-electron chi connectivity index (χ1n) is 6.51. The molecule has 2 aromatic rings. The molecule has 1 aromatic heterocycles. The maximum absolute atomic E-state index is 11.3. The van der Waals surface area contributed by atoms with E-state index in [1.165, 1.54) is 6.20 Å². The molecule has 0 atom stereocenters. The number of carbonyl (C=O) groups is 1. The minimum atomic E-state index is -0.911. The van der Waals surface area contributed by atoms with Crippen molar-refractivity contribution in [2.45, 2.75) is 33.1 Å². The van der Waals surface area contributed by atoms with Crippen molar-refractivity contribution in [1.29, 1.82) is 0 Å². The summed E-state index contributed by atoms with van der Waals surface area (Å²) < 4.78 is 1.76. The molecule has 0 fully saturated rings. The van der Waals surface area contributed by atoms with Gasteiger partial charge in [-0.15, -0.1) is 0 Å². The van der Waals surface area contributed by atoms with Crippen LogP contribution >= 0.6 is 0 Å². The Balaban J connectivity index is 2.51. The number of aromatic nitrogens is 2. The number of benzene rings is 1. The lowest BCUT2D eigenvalue weighted by molar-refractivity contribution is 0.0695. The second-order valence-corrected chi connectivity index (χ2v) is 4.61. The predicted octanol–water partition coefficient (Wildman–Crippen LogP) is 3.22. The fourth-order valence-electron chi connectivity index (χ4n) is 2.15. The van der Waals surface area contributed by atoms with Crippen LogP contribution in [0.4, 0.5) is 0 Å². The van der Waals surface area contributed by atoms with E-state index >= 15 is 0 Å². The second-order valence-electron chi connectivity index (χ2n) is 4.61. The van der Waals surface area contributed by atoms with Gasteiger partial charge in [-0.25, -0.2) is 9.48 Å². The lowest BCUT2D eigenvalue weighted by Crippen LogP contribution is -2.07. The van der Waals surface area contributed by atoms with Crippen LogP contribution in [0.5, 0.6) is 0 Å². The summed E-state index contributed by atoms with van der Waals surface area (Å²) in [5.41, 5.74) is 3.11. The Morgan fingerprint density at radius 2 is 2.11 bits per heavy atom. The molecule has 0 amide bonds. The Kier molecular flexibility index (Phi) is 4.00. The highest BCUT2D eigenvalue weighted by Gasteiger charge is 2.17. The summed E-state index contributed by atoms with van der Waals surface area (Å²) in [5, 5.41) is 13.5. The summed E-state index contributed by atoms with van der Waals surface area (Å²) in [4.78, 5) is 11.3. The van der Waals surface area contributed by atoms with Crippen molar-refractivity contribution in [1.82, 2.24) is 9.78 Å².